The van der Waals surface area contributed by atoms with Gasteiger partial charge in [0, 0.05) is 18.7 Å². The van der Waals surface area contributed by atoms with Crippen molar-refractivity contribution in [2.75, 3.05) is 19.7 Å². The van der Waals surface area contributed by atoms with Crippen LogP contribution in [-0.2, 0) is 9.53 Å². The highest BCUT2D eigenvalue weighted by Crippen LogP contribution is 2.21. The van der Waals surface area contributed by atoms with Gasteiger partial charge in [-0.1, -0.05) is 0 Å². The molecule has 0 unspecified atom stereocenters. The Balaban J connectivity index is 1.97. The molecule has 0 aromatic heterocycles. The summed E-state index contributed by atoms with van der Waals surface area (Å²) in [6.07, 6.45) is 1.04. The lowest BCUT2D eigenvalue weighted by atomic mass is 9.96. The normalized spacial score (nSPS) is 15.9. The van der Waals surface area contributed by atoms with E-state index in [9.17, 15) is 18.4 Å². The van der Waals surface area contributed by atoms with Crippen LogP contribution in [0.15, 0.2) is 18.2 Å². The fourth-order valence-corrected chi connectivity index (χ4v) is 2.39. The minimum Gasteiger partial charge on any atom is -0.466 e. The zero-order valence-electron chi connectivity index (χ0n) is 11.8. The van der Waals surface area contributed by atoms with Crippen LogP contribution in [0.1, 0.15) is 30.1 Å². The van der Waals surface area contributed by atoms with Crippen LogP contribution < -0.4 is 0 Å². The van der Waals surface area contributed by atoms with Crippen molar-refractivity contribution in [1.29, 1.82) is 0 Å². The summed E-state index contributed by atoms with van der Waals surface area (Å²) in [5, 5.41) is 0. The Labute approximate surface area is 121 Å². The Morgan fingerprint density at radius 3 is 2.48 bits per heavy atom. The molecule has 0 radical (unpaired) electrons. The Bertz CT molecular complexity index is 540. The van der Waals surface area contributed by atoms with Gasteiger partial charge in [0.15, 0.2) is 11.6 Å². The summed E-state index contributed by atoms with van der Waals surface area (Å²) < 4.78 is 31.0. The van der Waals surface area contributed by atoms with Gasteiger partial charge in [-0.25, -0.2) is 8.78 Å². The van der Waals surface area contributed by atoms with Gasteiger partial charge in [-0.15, -0.1) is 0 Å². The van der Waals surface area contributed by atoms with E-state index in [4.69, 9.17) is 4.74 Å². The van der Waals surface area contributed by atoms with Gasteiger partial charge >= 0.3 is 5.97 Å². The third-order valence-corrected chi connectivity index (χ3v) is 3.57. The molecular formula is C15H17F2NO3. The van der Waals surface area contributed by atoms with E-state index < -0.39 is 11.6 Å². The van der Waals surface area contributed by atoms with E-state index >= 15 is 0 Å². The van der Waals surface area contributed by atoms with Crippen molar-refractivity contribution in [3.8, 4) is 0 Å². The van der Waals surface area contributed by atoms with Crippen LogP contribution in [0.25, 0.3) is 0 Å². The number of rotatable bonds is 3. The molecule has 0 saturated carbocycles. The van der Waals surface area contributed by atoms with Crippen molar-refractivity contribution in [2.24, 2.45) is 5.92 Å². The Morgan fingerprint density at radius 1 is 1.24 bits per heavy atom. The van der Waals surface area contributed by atoms with Crippen molar-refractivity contribution in [2.45, 2.75) is 19.8 Å². The highest BCUT2D eigenvalue weighted by Gasteiger charge is 2.28. The third kappa shape index (κ3) is 3.56. The maximum absolute atomic E-state index is 13.2. The summed E-state index contributed by atoms with van der Waals surface area (Å²) in [7, 11) is 0. The first-order valence-corrected chi connectivity index (χ1v) is 6.94. The van der Waals surface area contributed by atoms with Gasteiger partial charge in [-0.3, -0.25) is 9.59 Å². The van der Waals surface area contributed by atoms with E-state index in [2.05, 4.69) is 0 Å². The lowest BCUT2D eigenvalue weighted by molar-refractivity contribution is -0.149. The van der Waals surface area contributed by atoms with E-state index in [1.807, 2.05) is 0 Å². The maximum Gasteiger partial charge on any atom is 0.309 e. The molecule has 0 spiro atoms. The Kier molecular flexibility index (Phi) is 4.88. The maximum atomic E-state index is 13.2. The van der Waals surface area contributed by atoms with E-state index in [0.717, 1.165) is 12.1 Å². The molecule has 6 heteroatoms. The fraction of sp³-hybridized carbons (Fsp3) is 0.467. The van der Waals surface area contributed by atoms with Crippen molar-refractivity contribution in [3.63, 3.8) is 0 Å². The standard InChI is InChI=1S/C15H17F2NO3/c1-2-21-15(20)10-5-7-18(8-6-10)14(19)11-3-4-12(16)13(17)9-11/h3-4,9-10H,2,5-8H2,1H3. The number of ether oxygens (including phenoxy) is 1. The molecule has 1 heterocycles. The summed E-state index contributed by atoms with van der Waals surface area (Å²) in [5.74, 6) is -2.80. The quantitative estimate of drug-likeness (QED) is 0.805. The minimum absolute atomic E-state index is 0.114. The fourth-order valence-electron chi connectivity index (χ4n) is 2.39. The Hall–Kier alpha value is -1.98. The van der Waals surface area contributed by atoms with Crippen LogP contribution in [0.2, 0.25) is 0 Å². The number of halogens is 2. The van der Waals surface area contributed by atoms with Crippen LogP contribution in [0, 0.1) is 17.6 Å². The molecular weight excluding hydrogens is 280 g/mol. The molecule has 0 aliphatic carbocycles. The predicted molar refractivity (Wildman–Crippen MR) is 71.6 cm³/mol. The summed E-state index contributed by atoms with van der Waals surface area (Å²) in [6.45, 7) is 2.90. The second-order valence-electron chi connectivity index (χ2n) is 4.95. The van der Waals surface area contributed by atoms with Gasteiger partial charge in [-0.05, 0) is 38.0 Å². The number of esters is 1. The molecule has 4 nitrogen and oxygen atoms in total. The lowest BCUT2D eigenvalue weighted by Gasteiger charge is -2.31. The molecule has 1 aromatic rings. The number of likely N-dealkylation sites (tertiary alicyclic amines) is 1. The van der Waals surface area contributed by atoms with Crippen molar-refractivity contribution >= 4 is 11.9 Å². The molecule has 114 valence electrons. The van der Waals surface area contributed by atoms with Crippen molar-refractivity contribution in [3.05, 3.63) is 35.4 Å². The van der Waals surface area contributed by atoms with Gasteiger partial charge in [0.25, 0.3) is 5.91 Å². The van der Waals surface area contributed by atoms with Gasteiger partial charge < -0.3 is 9.64 Å². The number of amides is 1. The lowest BCUT2D eigenvalue weighted by Crippen LogP contribution is -2.40. The van der Waals surface area contributed by atoms with Gasteiger partial charge in [0.2, 0.25) is 0 Å². The molecule has 21 heavy (non-hydrogen) atoms. The number of benzene rings is 1. The molecule has 1 fully saturated rings. The second kappa shape index (κ2) is 6.65. The first kappa shape index (κ1) is 15.4. The Morgan fingerprint density at radius 2 is 1.90 bits per heavy atom. The average Bonchev–Trinajstić information content (AvgIpc) is 2.50. The van der Waals surface area contributed by atoms with E-state index in [0.29, 0.717) is 32.5 Å². The molecule has 2 rings (SSSR count). The number of piperidine rings is 1. The summed E-state index contributed by atoms with van der Waals surface area (Å²) >= 11 is 0. The molecule has 1 aliphatic rings. The second-order valence-corrected chi connectivity index (χ2v) is 4.95. The third-order valence-electron chi connectivity index (χ3n) is 3.57. The van der Waals surface area contributed by atoms with Gasteiger partial charge in [0.05, 0.1) is 12.5 Å². The van der Waals surface area contributed by atoms with E-state index in [-0.39, 0.29) is 23.4 Å². The van der Waals surface area contributed by atoms with Crippen molar-refractivity contribution in [1.82, 2.24) is 4.90 Å². The number of nitrogens with zero attached hydrogens (tertiary/aromatic N) is 1. The number of hydrogen-bond donors (Lipinski definition) is 0. The van der Waals surface area contributed by atoms with Crippen LogP contribution in [0.4, 0.5) is 8.78 Å². The van der Waals surface area contributed by atoms with Crippen LogP contribution in [0.5, 0.6) is 0 Å². The van der Waals surface area contributed by atoms with Crippen LogP contribution in [-0.4, -0.2) is 36.5 Å². The topological polar surface area (TPSA) is 46.6 Å². The van der Waals surface area contributed by atoms with Gasteiger partial charge in [0.1, 0.15) is 0 Å². The SMILES string of the molecule is CCOC(=O)C1CCN(C(=O)c2ccc(F)c(F)c2)CC1. The first-order chi connectivity index (χ1) is 10.0. The molecule has 0 N–H and O–H groups in total. The molecule has 1 amide bonds. The summed E-state index contributed by atoms with van der Waals surface area (Å²) in [6, 6.07) is 3.10. The van der Waals surface area contributed by atoms with E-state index in [1.54, 1.807) is 11.8 Å². The molecule has 0 bridgehead atoms. The van der Waals surface area contributed by atoms with Crippen molar-refractivity contribution < 1.29 is 23.1 Å². The highest BCUT2D eigenvalue weighted by atomic mass is 19.2. The zero-order valence-corrected chi connectivity index (χ0v) is 11.8. The molecule has 1 aromatic carbocycles. The highest BCUT2D eigenvalue weighted by molar-refractivity contribution is 5.94. The predicted octanol–water partition coefficient (Wildman–Crippen LogP) is 2.38. The zero-order chi connectivity index (χ0) is 15.4. The van der Waals surface area contributed by atoms with Crippen LogP contribution in [0.3, 0.4) is 0 Å². The van der Waals surface area contributed by atoms with Crippen LogP contribution >= 0.6 is 0 Å². The molecule has 1 saturated heterocycles. The number of carbonyl (C=O) groups excluding carboxylic acids is 2. The summed E-state index contributed by atoms with van der Waals surface area (Å²) in [5.41, 5.74) is 0.114. The average molecular weight is 297 g/mol. The number of carbonyl (C=O) groups is 2. The van der Waals surface area contributed by atoms with Gasteiger partial charge in [-0.2, -0.15) is 0 Å². The molecule has 1 aliphatic heterocycles. The van der Waals surface area contributed by atoms with E-state index in [1.165, 1.54) is 6.07 Å². The number of hydrogen-bond acceptors (Lipinski definition) is 3. The first-order valence-electron chi connectivity index (χ1n) is 6.94. The summed E-state index contributed by atoms with van der Waals surface area (Å²) in [4.78, 5) is 25.3. The monoisotopic (exact) mass is 297 g/mol. The minimum atomic E-state index is -1.04. The smallest absolute Gasteiger partial charge is 0.309 e. The largest absolute Gasteiger partial charge is 0.466 e. The molecule has 0 atom stereocenters.